The van der Waals surface area contributed by atoms with Crippen molar-refractivity contribution in [2.24, 2.45) is 0 Å². The molecule has 0 heterocycles. The maximum absolute atomic E-state index is 13.9. The highest BCUT2D eigenvalue weighted by Crippen LogP contribution is 2.43. The van der Waals surface area contributed by atoms with Crippen molar-refractivity contribution in [2.75, 3.05) is 20.8 Å². The van der Waals surface area contributed by atoms with E-state index in [1.807, 2.05) is 0 Å². The normalized spacial score (nSPS) is 11.4. The van der Waals surface area contributed by atoms with E-state index in [1.165, 1.54) is 6.92 Å². The van der Waals surface area contributed by atoms with Crippen molar-refractivity contribution >= 4 is 43.8 Å². The zero-order valence-electron chi connectivity index (χ0n) is 18.1. The lowest BCUT2D eigenvalue weighted by molar-refractivity contribution is -0.142. The van der Waals surface area contributed by atoms with Crippen LogP contribution in [0, 0.1) is 11.6 Å². The SMILES string of the molecule is CCOC(=O)c1c(Br)cc(OC)c(C(F)(F)F)c1F.COc1cc(Br)c(C(=O)O)c(F)c1C(F)(F)F. The van der Waals surface area contributed by atoms with Crippen molar-refractivity contribution in [1.82, 2.24) is 0 Å². The molecule has 0 saturated heterocycles. The summed E-state index contributed by atoms with van der Waals surface area (Å²) in [6.07, 6.45) is -10.0. The third kappa shape index (κ3) is 6.99. The number of carboxylic acid groups (broad SMARTS) is 1. The Kier molecular flexibility index (Phi) is 10.5. The number of ether oxygens (including phenoxy) is 3. The Labute approximate surface area is 214 Å². The van der Waals surface area contributed by atoms with Gasteiger partial charge in [0.25, 0.3) is 0 Å². The van der Waals surface area contributed by atoms with E-state index in [0.717, 1.165) is 26.4 Å². The zero-order chi connectivity index (χ0) is 28.2. The molecule has 2 rings (SSSR count). The number of benzene rings is 2. The number of aromatic carboxylic acids is 1. The molecule has 0 saturated carbocycles. The number of methoxy groups -OCH3 is 2. The highest BCUT2D eigenvalue weighted by molar-refractivity contribution is 9.10. The van der Waals surface area contributed by atoms with Gasteiger partial charge in [0.05, 0.1) is 20.8 Å². The van der Waals surface area contributed by atoms with Crippen molar-refractivity contribution in [1.29, 1.82) is 0 Å². The molecule has 200 valence electrons. The molecule has 0 aromatic heterocycles. The van der Waals surface area contributed by atoms with Gasteiger partial charge in [-0.3, -0.25) is 0 Å². The van der Waals surface area contributed by atoms with E-state index in [1.54, 1.807) is 0 Å². The number of hydrogen-bond acceptors (Lipinski definition) is 5. The topological polar surface area (TPSA) is 82.1 Å². The average molecular weight is 662 g/mol. The van der Waals surface area contributed by atoms with E-state index >= 15 is 0 Å². The van der Waals surface area contributed by atoms with Crippen molar-refractivity contribution in [3.63, 3.8) is 0 Å². The molecule has 0 atom stereocenters. The first-order valence-corrected chi connectivity index (χ1v) is 10.7. The van der Waals surface area contributed by atoms with Gasteiger partial charge in [0, 0.05) is 8.95 Å². The molecule has 0 fully saturated rings. The molecule has 1 N–H and O–H groups in total. The first kappa shape index (κ1) is 31.4. The summed E-state index contributed by atoms with van der Waals surface area (Å²) in [5, 5.41) is 8.62. The summed E-state index contributed by atoms with van der Waals surface area (Å²) in [6, 6.07) is 1.63. The summed E-state index contributed by atoms with van der Waals surface area (Å²) in [7, 11) is 1.90. The molecule has 16 heteroatoms. The largest absolute Gasteiger partial charge is 0.496 e. The fourth-order valence-electron chi connectivity index (χ4n) is 2.63. The van der Waals surface area contributed by atoms with Crippen LogP contribution in [-0.2, 0) is 17.1 Å². The molecule has 0 spiro atoms. The molecule has 36 heavy (non-hydrogen) atoms. The van der Waals surface area contributed by atoms with Crippen LogP contribution in [0.15, 0.2) is 21.1 Å². The van der Waals surface area contributed by atoms with E-state index in [-0.39, 0.29) is 15.6 Å². The molecule has 2 aromatic carbocycles. The van der Waals surface area contributed by atoms with Gasteiger partial charge in [-0.25, -0.2) is 18.4 Å². The van der Waals surface area contributed by atoms with Crippen molar-refractivity contribution < 1.29 is 64.0 Å². The summed E-state index contributed by atoms with van der Waals surface area (Å²) in [6.45, 7) is 1.37. The molecule has 0 bridgehead atoms. The van der Waals surface area contributed by atoms with Crippen LogP contribution >= 0.6 is 31.9 Å². The molecule has 0 aliphatic carbocycles. The number of halogens is 10. The van der Waals surface area contributed by atoms with Crippen LogP contribution in [0.25, 0.3) is 0 Å². The number of hydrogen-bond donors (Lipinski definition) is 1. The summed E-state index contributed by atoms with van der Waals surface area (Å²) in [4.78, 5) is 22.1. The number of carbonyl (C=O) groups excluding carboxylic acids is 1. The first-order valence-electron chi connectivity index (χ1n) is 9.10. The number of alkyl halides is 6. The van der Waals surface area contributed by atoms with Gasteiger partial charge in [0.15, 0.2) is 11.6 Å². The van der Waals surface area contributed by atoms with Crippen molar-refractivity contribution in [2.45, 2.75) is 19.3 Å². The first-order chi connectivity index (χ1) is 16.4. The van der Waals surface area contributed by atoms with Crippen LogP contribution in [0.4, 0.5) is 35.1 Å². The molecule has 0 aliphatic rings. The second-order valence-electron chi connectivity index (χ2n) is 6.27. The Morgan fingerprint density at radius 3 is 1.50 bits per heavy atom. The van der Waals surface area contributed by atoms with Crippen molar-refractivity contribution in [3.05, 3.63) is 55.0 Å². The van der Waals surface area contributed by atoms with Gasteiger partial charge in [0.1, 0.15) is 33.8 Å². The van der Waals surface area contributed by atoms with Crippen LogP contribution in [0.5, 0.6) is 11.5 Å². The minimum atomic E-state index is -5.04. The summed E-state index contributed by atoms with van der Waals surface area (Å²) in [5.41, 5.74) is -5.27. The van der Waals surface area contributed by atoms with Gasteiger partial charge in [-0.15, -0.1) is 0 Å². The van der Waals surface area contributed by atoms with Gasteiger partial charge in [-0.05, 0) is 50.9 Å². The molecule has 6 nitrogen and oxygen atoms in total. The number of carboxylic acids is 1. The highest BCUT2D eigenvalue weighted by atomic mass is 79.9. The van der Waals surface area contributed by atoms with Crippen LogP contribution in [0.2, 0.25) is 0 Å². The van der Waals surface area contributed by atoms with E-state index in [4.69, 9.17) is 5.11 Å². The van der Waals surface area contributed by atoms with E-state index < -0.39 is 69.7 Å². The lowest BCUT2D eigenvalue weighted by Crippen LogP contribution is -2.16. The minimum Gasteiger partial charge on any atom is -0.496 e. The maximum atomic E-state index is 13.9. The molecule has 0 unspecified atom stereocenters. The molecule has 0 aliphatic heterocycles. The predicted octanol–water partition coefficient (Wildman–Crippen LogP) is 7.11. The van der Waals surface area contributed by atoms with Gasteiger partial charge in [-0.1, -0.05) is 0 Å². The summed E-state index contributed by atoms with van der Waals surface area (Å²) >= 11 is 5.49. The quantitative estimate of drug-likeness (QED) is 0.272. The van der Waals surface area contributed by atoms with E-state index in [2.05, 4.69) is 46.1 Å². The Hall–Kier alpha value is -2.62. The standard InChI is InChI=1S/C11H9BrF4O3.C9H5BrF4O3/c1-3-19-10(17)7-5(12)4-6(18-2)8(9(7)13)11(14,15)16;1-17-4-2-3(10)5(8(15)16)7(11)6(4)9(12,13)14/h4H,3H2,1-2H3;2H,1H3,(H,15,16). The third-order valence-corrected chi connectivity index (χ3v) is 5.32. The average Bonchev–Trinajstić information content (AvgIpc) is 2.70. The maximum Gasteiger partial charge on any atom is 0.422 e. The van der Waals surface area contributed by atoms with Crippen LogP contribution in [-0.4, -0.2) is 37.9 Å². The van der Waals surface area contributed by atoms with Crippen LogP contribution in [0.1, 0.15) is 38.8 Å². The lowest BCUT2D eigenvalue weighted by Gasteiger charge is -2.16. The molecule has 0 amide bonds. The van der Waals surface area contributed by atoms with Gasteiger partial charge >= 0.3 is 24.3 Å². The van der Waals surface area contributed by atoms with Crippen molar-refractivity contribution in [3.8, 4) is 11.5 Å². The fraction of sp³-hybridized carbons (Fsp3) is 0.300. The molecular weight excluding hydrogens is 648 g/mol. The van der Waals surface area contributed by atoms with E-state index in [0.29, 0.717) is 0 Å². The van der Waals surface area contributed by atoms with Gasteiger partial charge < -0.3 is 19.3 Å². The Morgan fingerprint density at radius 1 is 0.833 bits per heavy atom. The molecule has 2 aromatic rings. The smallest absolute Gasteiger partial charge is 0.422 e. The predicted molar refractivity (Wildman–Crippen MR) is 114 cm³/mol. The zero-order valence-corrected chi connectivity index (χ0v) is 21.3. The Balaban J connectivity index is 0.000000362. The number of carbonyl (C=O) groups is 2. The second kappa shape index (κ2) is 12.1. The number of esters is 1. The molecular formula is C20H14Br2F8O6. The summed E-state index contributed by atoms with van der Waals surface area (Å²) < 4.78 is 116. The Bertz CT molecular complexity index is 1150. The highest BCUT2D eigenvalue weighted by Gasteiger charge is 2.42. The van der Waals surface area contributed by atoms with Crippen LogP contribution in [0.3, 0.4) is 0 Å². The molecule has 0 radical (unpaired) electrons. The summed E-state index contributed by atoms with van der Waals surface area (Å²) in [5.74, 6) is -8.09. The fourth-order valence-corrected chi connectivity index (χ4v) is 3.73. The van der Waals surface area contributed by atoms with Crippen LogP contribution < -0.4 is 9.47 Å². The third-order valence-electron chi connectivity index (χ3n) is 4.06. The minimum absolute atomic E-state index is 0.0852. The van der Waals surface area contributed by atoms with Gasteiger partial charge in [0.2, 0.25) is 0 Å². The number of rotatable bonds is 5. The second-order valence-corrected chi connectivity index (χ2v) is 7.98. The monoisotopic (exact) mass is 660 g/mol. The lowest BCUT2D eigenvalue weighted by atomic mass is 10.1. The van der Waals surface area contributed by atoms with E-state index in [9.17, 15) is 44.7 Å². The van der Waals surface area contributed by atoms with Gasteiger partial charge in [-0.2, -0.15) is 26.3 Å². The Morgan fingerprint density at radius 2 is 1.19 bits per heavy atom.